The summed E-state index contributed by atoms with van der Waals surface area (Å²) in [6.45, 7) is -0.309. The molecule has 0 saturated carbocycles. The first kappa shape index (κ1) is 18.9. The number of nitrogens with one attached hydrogen (secondary N) is 1. The SMILES string of the molecule is COc1ccc(C(=O)NCc2nnc3n2C[C@@H](C(F)(F)F)CC3)c(OC)n1. The van der Waals surface area contributed by atoms with Crippen molar-refractivity contribution < 1.29 is 27.4 Å². The second-order valence-corrected chi connectivity index (χ2v) is 6.01. The summed E-state index contributed by atoms with van der Waals surface area (Å²) in [5.74, 6) is -0.819. The van der Waals surface area contributed by atoms with Crippen molar-refractivity contribution in [3.8, 4) is 11.8 Å². The fourth-order valence-electron chi connectivity index (χ4n) is 2.90. The summed E-state index contributed by atoms with van der Waals surface area (Å²) in [4.78, 5) is 16.4. The van der Waals surface area contributed by atoms with Crippen LogP contribution >= 0.6 is 0 Å². The Bertz CT molecular complexity index is 837. The van der Waals surface area contributed by atoms with Gasteiger partial charge in [-0.15, -0.1) is 10.2 Å². The van der Waals surface area contributed by atoms with Crippen LogP contribution in [-0.4, -0.2) is 46.1 Å². The molecule has 8 nitrogen and oxygen atoms in total. The van der Waals surface area contributed by atoms with Gasteiger partial charge in [-0.05, 0) is 12.5 Å². The Labute approximate surface area is 152 Å². The van der Waals surface area contributed by atoms with Gasteiger partial charge in [0.1, 0.15) is 11.4 Å². The van der Waals surface area contributed by atoms with E-state index in [1.54, 1.807) is 0 Å². The number of nitrogens with zero attached hydrogens (tertiary/aromatic N) is 4. The summed E-state index contributed by atoms with van der Waals surface area (Å²) in [5, 5.41) is 10.4. The molecule has 0 unspecified atom stereocenters. The molecule has 146 valence electrons. The topological polar surface area (TPSA) is 91.2 Å². The molecule has 3 heterocycles. The van der Waals surface area contributed by atoms with Crippen molar-refractivity contribution in [2.75, 3.05) is 14.2 Å². The Morgan fingerprint density at radius 2 is 2.07 bits per heavy atom. The minimum absolute atomic E-state index is 0.0112. The summed E-state index contributed by atoms with van der Waals surface area (Å²) in [6.07, 6.45) is -4.09. The monoisotopic (exact) mass is 385 g/mol. The molecular formula is C16H18F3N5O3. The number of fused-ring (bicyclic) bond motifs is 1. The lowest BCUT2D eigenvalue weighted by Crippen LogP contribution is -2.34. The van der Waals surface area contributed by atoms with Crippen LogP contribution in [0.1, 0.15) is 28.4 Å². The normalized spacial score (nSPS) is 16.6. The van der Waals surface area contributed by atoms with Crippen molar-refractivity contribution in [3.05, 3.63) is 29.3 Å². The van der Waals surface area contributed by atoms with Gasteiger partial charge in [0, 0.05) is 19.0 Å². The zero-order valence-electron chi connectivity index (χ0n) is 14.7. The van der Waals surface area contributed by atoms with Crippen LogP contribution in [0.15, 0.2) is 12.1 Å². The lowest BCUT2D eigenvalue weighted by Gasteiger charge is -2.26. The summed E-state index contributed by atoms with van der Waals surface area (Å²) >= 11 is 0. The van der Waals surface area contributed by atoms with Crippen LogP contribution in [0.4, 0.5) is 13.2 Å². The zero-order chi connectivity index (χ0) is 19.6. The minimum Gasteiger partial charge on any atom is -0.481 e. The number of methoxy groups -OCH3 is 2. The van der Waals surface area contributed by atoms with Gasteiger partial charge in [-0.3, -0.25) is 4.79 Å². The fraction of sp³-hybridized carbons (Fsp3) is 0.500. The molecule has 0 aliphatic carbocycles. The predicted octanol–water partition coefficient (Wildman–Crippen LogP) is 1.74. The second kappa shape index (κ2) is 7.41. The molecule has 0 radical (unpaired) electrons. The van der Waals surface area contributed by atoms with Crippen LogP contribution in [0.3, 0.4) is 0 Å². The molecule has 2 aromatic rings. The molecule has 2 aromatic heterocycles. The number of hydrogen-bond acceptors (Lipinski definition) is 6. The maximum Gasteiger partial charge on any atom is 0.393 e. The smallest absolute Gasteiger partial charge is 0.393 e. The highest BCUT2D eigenvalue weighted by atomic mass is 19.4. The summed E-state index contributed by atoms with van der Waals surface area (Å²) in [6, 6.07) is 2.99. The van der Waals surface area contributed by atoms with E-state index in [4.69, 9.17) is 9.47 Å². The van der Waals surface area contributed by atoms with Gasteiger partial charge < -0.3 is 19.4 Å². The number of rotatable bonds is 5. The molecule has 0 aromatic carbocycles. The van der Waals surface area contributed by atoms with Gasteiger partial charge in [0.05, 0.1) is 26.7 Å². The van der Waals surface area contributed by atoms with Gasteiger partial charge in [0.15, 0.2) is 5.82 Å². The van der Waals surface area contributed by atoms with E-state index in [1.165, 1.54) is 30.9 Å². The number of carbonyl (C=O) groups is 1. The molecule has 0 bridgehead atoms. The molecule has 27 heavy (non-hydrogen) atoms. The average Bonchev–Trinajstić information content (AvgIpc) is 3.07. The number of aromatic nitrogens is 4. The quantitative estimate of drug-likeness (QED) is 0.843. The Kier molecular flexibility index (Phi) is 5.19. The molecule has 1 amide bonds. The third-order valence-corrected chi connectivity index (χ3v) is 4.38. The van der Waals surface area contributed by atoms with Crippen LogP contribution in [-0.2, 0) is 19.5 Å². The molecule has 1 atom stereocenters. The Hall–Kier alpha value is -2.85. The van der Waals surface area contributed by atoms with Gasteiger partial charge in [0.2, 0.25) is 11.8 Å². The van der Waals surface area contributed by atoms with Gasteiger partial charge in [-0.2, -0.15) is 18.2 Å². The number of halogens is 3. The van der Waals surface area contributed by atoms with E-state index in [2.05, 4.69) is 20.5 Å². The van der Waals surface area contributed by atoms with Gasteiger partial charge in [0.25, 0.3) is 5.91 Å². The van der Waals surface area contributed by atoms with E-state index in [0.717, 1.165) is 0 Å². The van der Waals surface area contributed by atoms with E-state index in [1.807, 2.05) is 0 Å². The zero-order valence-corrected chi connectivity index (χ0v) is 14.7. The second-order valence-electron chi connectivity index (χ2n) is 6.01. The highest BCUT2D eigenvalue weighted by molar-refractivity contribution is 5.96. The lowest BCUT2D eigenvalue weighted by atomic mass is 9.99. The third kappa shape index (κ3) is 3.96. The average molecular weight is 385 g/mol. The molecule has 1 N–H and O–H groups in total. The standard InChI is InChI=1S/C16H18F3N5O3/c1-26-13-6-4-10(15(21-13)27-2)14(25)20-7-12-23-22-11-5-3-9(8-24(11)12)16(17,18)19/h4,6,9H,3,5,7-8H2,1-2H3,(H,20,25)/t9-/m0/s1. The fourth-order valence-corrected chi connectivity index (χ4v) is 2.90. The Morgan fingerprint density at radius 3 is 2.74 bits per heavy atom. The van der Waals surface area contributed by atoms with E-state index in [-0.39, 0.29) is 49.1 Å². The number of aryl methyl sites for hydroxylation is 1. The molecule has 0 fully saturated rings. The maximum absolute atomic E-state index is 13.0. The molecular weight excluding hydrogens is 367 g/mol. The maximum atomic E-state index is 13.0. The van der Waals surface area contributed by atoms with Crippen LogP contribution < -0.4 is 14.8 Å². The van der Waals surface area contributed by atoms with E-state index < -0.39 is 18.0 Å². The summed E-state index contributed by atoms with van der Waals surface area (Å²) in [7, 11) is 2.80. The van der Waals surface area contributed by atoms with Crippen LogP contribution in [0, 0.1) is 5.92 Å². The largest absolute Gasteiger partial charge is 0.481 e. The first-order valence-corrected chi connectivity index (χ1v) is 8.18. The van der Waals surface area contributed by atoms with Crippen molar-refractivity contribution in [3.63, 3.8) is 0 Å². The van der Waals surface area contributed by atoms with Gasteiger partial charge >= 0.3 is 6.18 Å². The van der Waals surface area contributed by atoms with Crippen molar-refractivity contribution >= 4 is 5.91 Å². The van der Waals surface area contributed by atoms with Crippen molar-refractivity contribution in [1.29, 1.82) is 0 Å². The number of amides is 1. The molecule has 0 spiro atoms. The summed E-state index contributed by atoms with van der Waals surface area (Å²) < 4.78 is 50.5. The lowest BCUT2D eigenvalue weighted by molar-refractivity contribution is -0.182. The number of carbonyl (C=O) groups excluding carboxylic acids is 1. The Morgan fingerprint density at radius 1 is 1.30 bits per heavy atom. The highest BCUT2D eigenvalue weighted by Gasteiger charge is 2.42. The number of pyridine rings is 1. The van der Waals surface area contributed by atoms with Crippen LogP contribution in [0.2, 0.25) is 0 Å². The molecule has 0 saturated heterocycles. The summed E-state index contributed by atoms with van der Waals surface area (Å²) in [5.41, 5.74) is 0.171. The molecule has 1 aliphatic heterocycles. The van der Waals surface area contributed by atoms with E-state index in [0.29, 0.717) is 5.82 Å². The van der Waals surface area contributed by atoms with E-state index in [9.17, 15) is 18.0 Å². The first-order chi connectivity index (χ1) is 12.8. The van der Waals surface area contributed by atoms with E-state index >= 15 is 0 Å². The van der Waals surface area contributed by atoms with Crippen LogP contribution in [0.25, 0.3) is 0 Å². The molecule has 1 aliphatic rings. The number of ether oxygens (including phenoxy) is 2. The van der Waals surface area contributed by atoms with Crippen LogP contribution in [0.5, 0.6) is 11.8 Å². The molecule has 3 rings (SSSR count). The van der Waals surface area contributed by atoms with Gasteiger partial charge in [-0.25, -0.2) is 0 Å². The minimum atomic E-state index is -4.27. The highest BCUT2D eigenvalue weighted by Crippen LogP contribution is 2.34. The predicted molar refractivity (Wildman–Crippen MR) is 86.4 cm³/mol. The van der Waals surface area contributed by atoms with Crippen molar-refractivity contribution in [1.82, 2.24) is 25.1 Å². The number of hydrogen-bond donors (Lipinski definition) is 1. The van der Waals surface area contributed by atoms with Crippen molar-refractivity contribution in [2.45, 2.75) is 32.1 Å². The number of alkyl halides is 3. The third-order valence-electron chi connectivity index (χ3n) is 4.38. The molecule has 11 heteroatoms. The Balaban J connectivity index is 1.72. The van der Waals surface area contributed by atoms with Gasteiger partial charge in [-0.1, -0.05) is 0 Å². The first-order valence-electron chi connectivity index (χ1n) is 8.18. The van der Waals surface area contributed by atoms with Crippen molar-refractivity contribution in [2.24, 2.45) is 5.92 Å².